The Labute approximate surface area is 89.2 Å². The van der Waals surface area contributed by atoms with Gasteiger partial charge in [-0.15, -0.1) is 12.3 Å². The lowest BCUT2D eigenvalue weighted by Gasteiger charge is -2.05. The first-order valence-corrected chi connectivity index (χ1v) is 4.59. The average Bonchev–Trinajstić information content (AvgIpc) is 2.25. The summed E-state index contributed by atoms with van der Waals surface area (Å²) >= 11 is 0. The Morgan fingerprint density at radius 1 is 1.60 bits per heavy atom. The maximum absolute atomic E-state index is 11.6. The van der Waals surface area contributed by atoms with Crippen LogP contribution in [0.3, 0.4) is 0 Å². The van der Waals surface area contributed by atoms with Gasteiger partial charge >= 0.3 is 0 Å². The summed E-state index contributed by atoms with van der Waals surface area (Å²) in [6.45, 7) is 0. The van der Waals surface area contributed by atoms with E-state index >= 15 is 0 Å². The fourth-order valence-corrected chi connectivity index (χ4v) is 1.24. The SMILES string of the molecule is C#CCCC(=O)c1ccc(OC)cc1N. The van der Waals surface area contributed by atoms with Crippen molar-refractivity contribution < 1.29 is 9.53 Å². The van der Waals surface area contributed by atoms with Crippen LogP contribution in [0.2, 0.25) is 0 Å². The maximum atomic E-state index is 11.6. The van der Waals surface area contributed by atoms with Gasteiger partial charge in [-0.25, -0.2) is 0 Å². The van der Waals surface area contributed by atoms with Crippen LogP contribution in [0.5, 0.6) is 5.75 Å². The Hall–Kier alpha value is -1.95. The summed E-state index contributed by atoms with van der Waals surface area (Å²) in [7, 11) is 1.55. The molecule has 1 aromatic rings. The molecule has 2 N–H and O–H groups in total. The maximum Gasteiger partial charge on any atom is 0.165 e. The van der Waals surface area contributed by atoms with E-state index in [1.165, 1.54) is 0 Å². The number of rotatable bonds is 4. The molecule has 0 amide bonds. The van der Waals surface area contributed by atoms with Crippen molar-refractivity contribution in [2.75, 3.05) is 12.8 Å². The first kappa shape index (κ1) is 11.1. The summed E-state index contributed by atoms with van der Waals surface area (Å²) in [5.74, 6) is 3.03. The van der Waals surface area contributed by atoms with E-state index in [0.29, 0.717) is 29.8 Å². The van der Waals surface area contributed by atoms with Crippen LogP contribution in [0.4, 0.5) is 5.69 Å². The summed E-state index contributed by atoms with van der Waals surface area (Å²) in [6.07, 6.45) is 5.85. The monoisotopic (exact) mass is 203 g/mol. The Kier molecular flexibility index (Phi) is 3.75. The van der Waals surface area contributed by atoms with Gasteiger partial charge in [-0.05, 0) is 12.1 Å². The molecule has 0 aromatic heterocycles. The van der Waals surface area contributed by atoms with Gasteiger partial charge < -0.3 is 10.5 Å². The summed E-state index contributed by atoms with van der Waals surface area (Å²) in [4.78, 5) is 11.6. The second-order valence-corrected chi connectivity index (χ2v) is 3.08. The van der Waals surface area contributed by atoms with Gasteiger partial charge in [-0.2, -0.15) is 0 Å². The van der Waals surface area contributed by atoms with Crippen LogP contribution in [-0.4, -0.2) is 12.9 Å². The van der Waals surface area contributed by atoms with Gasteiger partial charge in [0.05, 0.1) is 7.11 Å². The lowest BCUT2D eigenvalue weighted by molar-refractivity contribution is 0.0985. The van der Waals surface area contributed by atoms with E-state index in [0.717, 1.165) is 0 Å². The van der Waals surface area contributed by atoms with Crippen LogP contribution in [0.15, 0.2) is 18.2 Å². The molecule has 3 heteroatoms. The molecule has 0 fully saturated rings. The van der Waals surface area contributed by atoms with Crippen LogP contribution in [0.1, 0.15) is 23.2 Å². The van der Waals surface area contributed by atoms with Crippen molar-refractivity contribution in [1.82, 2.24) is 0 Å². The molecule has 0 bridgehead atoms. The number of hydrogen-bond donors (Lipinski definition) is 1. The lowest BCUT2D eigenvalue weighted by Crippen LogP contribution is -2.03. The van der Waals surface area contributed by atoms with Crippen LogP contribution in [0, 0.1) is 12.3 Å². The van der Waals surface area contributed by atoms with Gasteiger partial charge in [0.25, 0.3) is 0 Å². The van der Waals surface area contributed by atoms with E-state index in [4.69, 9.17) is 16.9 Å². The number of Topliss-reactive ketones (excluding diaryl/α,β-unsaturated/α-hetero) is 1. The minimum absolute atomic E-state index is 0.0342. The van der Waals surface area contributed by atoms with Gasteiger partial charge in [-0.1, -0.05) is 0 Å². The molecular formula is C12H13NO2. The fraction of sp³-hybridized carbons (Fsp3) is 0.250. The Bertz CT molecular complexity index is 405. The molecule has 15 heavy (non-hydrogen) atoms. The zero-order chi connectivity index (χ0) is 11.3. The first-order valence-electron chi connectivity index (χ1n) is 4.59. The van der Waals surface area contributed by atoms with E-state index in [1.807, 2.05) is 0 Å². The molecule has 0 heterocycles. The topological polar surface area (TPSA) is 52.3 Å². The second kappa shape index (κ2) is 5.06. The molecule has 0 aliphatic heterocycles. The normalized spacial score (nSPS) is 9.33. The summed E-state index contributed by atoms with van der Waals surface area (Å²) < 4.78 is 4.99. The molecule has 1 rings (SSSR count). The predicted molar refractivity (Wildman–Crippen MR) is 59.8 cm³/mol. The first-order chi connectivity index (χ1) is 7.19. The number of terminal acetylenes is 1. The highest BCUT2D eigenvalue weighted by atomic mass is 16.5. The fourth-order valence-electron chi connectivity index (χ4n) is 1.24. The van der Waals surface area contributed by atoms with Crippen molar-refractivity contribution >= 4 is 11.5 Å². The lowest BCUT2D eigenvalue weighted by atomic mass is 10.0. The van der Waals surface area contributed by atoms with Crippen LogP contribution >= 0.6 is 0 Å². The highest BCUT2D eigenvalue weighted by Gasteiger charge is 2.09. The van der Waals surface area contributed by atoms with Crippen molar-refractivity contribution in [3.8, 4) is 18.1 Å². The number of carbonyl (C=O) groups is 1. The second-order valence-electron chi connectivity index (χ2n) is 3.08. The molecule has 0 aliphatic rings. The molecule has 0 saturated heterocycles. The molecule has 0 aliphatic carbocycles. The number of carbonyl (C=O) groups excluding carboxylic acids is 1. The van der Waals surface area contributed by atoms with E-state index in [-0.39, 0.29) is 5.78 Å². The molecule has 0 spiro atoms. The van der Waals surface area contributed by atoms with Crippen molar-refractivity contribution in [1.29, 1.82) is 0 Å². The van der Waals surface area contributed by atoms with Crippen LogP contribution < -0.4 is 10.5 Å². The molecule has 0 radical (unpaired) electrons. The van der Waals surface area contributed by atoms with Crippen LogP contribution in [0.25, 0.3) is 0 Å². The number of methoxy groups -OCH3 is 1. The van der Waals surface area contributed by atoms with Gasteiger partial charge in [0, 0.05) is 30.2 Å². The number of nitrogen functional groups attached to an aromatic ring is 1. The number of ether oxygens (including phenoxy) is 1. The quantitative estimate of drug-likeness (QED) is 0.461. The van der Waals surface area contributed by atoms with Crippen LogP contribution in [-0.2, 0) is 0 Å². The Morgan fingerprint density at radius 3 is 2.87 bits per heavy atom. The summed E-state index contributed by atoms with van der Waals surface area (Å²) in [5.41, 5.74) is 6.65. The van der Waals surface area contributed by atoms with Gasteiger partial charge in [0.1, 0.15) is 5.75 Å². The average molecular weight is 203 g/mol. The van der Waals surface area contributed by atoms with Gasteiger partial charge in [0.15, 0.2) is 5.78 Å². The smallest absolute Gasteiger partial charge is 0.165 e. The highest BCUT2D eigenvalue weighted by molar-refractivity contribution is 6.01. The molecule has 0 unspecified atom stereocenters. The number of ketones is 1. The molecule has 78 valence electrons. The molecular weight excluding hydrogens is 190 g/mol. The van der Waals surface area contributed by atoms with E-state index in [1.54, 1.807) is 25.3 Å². The van der Waals surface area contributed by atoms with E-state index in [2.05, 4.69) is 5.92 Å². The summed E-state index contributed by atoms with van der Waals surface area (Å²) in [5, 5.41) is 0. The largest absolute Gasteiger partial charge is 0.497 e. The number of hydrogen-bond acceptors (Lipinski definition) is 3. The van der Waals surface area contributed by atoms with E-state index in [9.17, 15) is 4.79 Å². The van der Waals surface area contributed by atoms with Gasteiger partial charge in [-0.3, -0.25) is 4.79 Å². The van der Waals surface area contributed by atoms with Crippen molar-refractivity contribution in [2.24, 2.45) is 0 Å². The highest BCUT2D eigenvalue weighted by Crippen LogP contribution is 2.21. The zero-order valence-electron chi connectivity index (χ0n) is 8.62. The van der Waals surface area contributed by atoms with Gasteiger partial charge in [0.2, 0.25) is 0 Å². The van der Waals surface area contributed by atoms with E-state index < -0.39 is 0 Å². The number of anilines is 1. The third kappa shape index (κ3) is 2.75. The van der Waals surface area contributed by atoms with Crippen molar-refractivity contribution in [3.63, 3.8) is 0 Å². The minimum atomic E-state index is -0.0342. The third-order valence-corrected chi connectivity index (χ3v) is 2.06. The molecule has 0 atom stereocenters. The third-order valence-electron chi connectivity index (χ3n) is 2.06. The van der Waals surface area contributed by atoms with Crippen molar-refractivity contribution in [2.45, 2.75) is 12.8 Å². The zero-order valence-corrected chi connectivity index (χ0v) is 8.62. The molecule has 1 aromatic carbocycles. The standard InChI is InChI=1S/C12H13NO2/c1-3-4-5-12(14)10-7-6-9(15-2)8-11(10)13/h1,6-8H,4-5,13H2,2H3. The number of nitrogens with two attached hydrogens (primary N) is 1. The minimum Gasteiger partial charge on any atom is -0.497 e. The molecule has 3 nitrogen and oxygen atoms in total. The number of benzene rings is 1. The summed E-state index contributed by atoms with van der Waals surface area (Å²) in [6, 6.07) is 5.00. The molecule has 0 saturated carbocycles. The predicted octanol–water partition coefficient (Wildman–Crippen LogP) is 1.87. The Balaban J connectivity index is 2.86. The van der Waals surface area contributed by atoms with Crippen molar-refractivity contribution in [3.05, 3.63) is 23.8 Å². The Morgan fingerprint density at radius 2 is 2.33 bits per heavy atom.